The summed E-state index contributed by atoms with van der Waals surface area (Å²) >= 11 is 0. The molecule has 0 fully saturated rings. The molecule has 2 nitrogen and oxygen atoms in total. The minimum absolute atomic E-state index is 0.719. The molecule has 0 heterocycles. The van der Waals surface area contributed by atoms with Crippen LogP contribution >= 0.6 is 0 Å². The van der Waals surface area contributed by atoms with Crippen molar-refractivity contribution in [1.29, 1.82) is 0 Å². The summed E-state index contributed by atoms with van der Waals surface area (Å²) in [5.74, 6) is 0.719. The van der Waals surface area contributed by atoms with E-state index in [0.717, 1.165) is 30.8 Å². The highest BCUT2D eigenvalue weighted by Crippen LogP contribution is 2.13. The third-order valence-electron chi connectivity index (χ3n) is 2.12. The van der Waals surface area contributed by atoms with Gasteiger partial charge in [0.25, 0.3) is 0 Å². The Morgan fingerprint density at radius 2 is 1.86 bits per heavy atom. The summed E-state index contributed by atoms with van der Waals surface area (Å²) in [6, 6.07) is 8.22. The van der Waals surface area contributed by atoms with E-state index in [0.29, 0.717) is 0 Å². The average molecular weight is 190 g/mol. The van der Waals surface area contributed by atoms with Crippen LogP contribution in [0.5, 0.6) is 0 Å². The lowest BCUT2D eigenvalue weighted by Gasteiger charge is -1.99. The van der Waals surface area contributed by atoms with E-state index >= 15 is 0 Å². The second-order valence-electron chi connectivity index (χ2n) is 3.37. The number of hydrogen-bond acceptors (Lipinski definition) is 1. The van der Waals surface area contributed by atoms with Crippen molar-refractivity contribution in [3.8, 4) is 0 Å². The normalized spacial score (nSPS) is 11.7. The minimum atomic E-state index is 0.719. The molecule has 2 heteroatoms. The first-order chi connectivity index (χ1) is 6.76. The van der Waals surface area contributed by atoms with Gasteiger partial charge in [-0.2, -0.15) is 0 Å². The van der Waals surface area contributed by atoms with E-state index in [-0.39, 0.29) is 0 Å². The molecule has 1 rings (SSSR count). The quantitative estimate of drug-likeness (QED) is 0.575. The maximum atomic E-state index is 5.74. The molecule has 1 aromatic carbocycles. The summed E-state index contributed by atoms with van der Waals surface area (Å²) < 4.78 is 0. The molecule has 0 atom stereocenters. The Morgan fingerprint density at radius 1 is 1.21 bits per heavy atom. The van der Waals surface area contributed by atoms with Gasteiger partial charge in [0, 0.05) is 6.42 Å². The van der Waals surface area contributed by atoms with E-state index in [2.05, 4.69) is 31.0 Å². The molecule has 1 aromatic rings. The second-order valence-corrected chi connectivity index (χ2v) is 3.37. The van der Waals surface area contributed by atoms with Crippen molar-refractivity contribution in [3.63, 3.8) is 0 Å². The fourth-order valence-electron chi connectivity index (χ4n) is 1.28. The summed E-state index contributed by atoms with van der Waals surface area (Å²) in [6.07, 6.45) is 2.98. The van der Waals surface area contributed by atoms with Gasteiger partial charge in [-0.3, -0.25) is 0 Å². The molecule has 0 aliphatic carbocycles. The zero-order chi connectivity index (χ0) is 10.4. The van der Waals surface area contributed by atoms with E-state index in [4.69, 9.17) is 5.73 Å². The lowest BCUT2D eigenvalue weighted by atomic mass is 10.1. The van der Waals surface area contributed by atoms with Crippen LogP contribution in [-0.2, 0) is 6.42 Å². The molecule has 0 saturated carbocycles. The van der Waals surface area contributed by atoms with Gasteiger partial charge in [-0.1, -0.05) is 26.0 Å². The number of amidine groups is 1. The van der Waals surface area contributed by atoms with Gasteiger partial charge in [0.2, 0.25) is 0 Å². The molecule has 76 valence electrons. The predicted octanol–water partition coefficient (Wildman–Crippen LogP) is 3.04. The van der Waals surface area contributed by atoms with Gasteiger partial charge >= 0.3 is 0 Å². The van der Waals surface area contributed by atoms with Crippen LogP contribution in [0.3, 0.4) is 0 Å². The van der Waals surface area contributed by atoms with Gasteiger partial charge in [-0.25, -0.2) is 4.99 Å². The van der Waals surface area contributed by atoms with Crippen LogP contribution in [-0.4, -0.2) is 5.84 Å². The van der Waals surface area contributed by atoms with Crippen molar-refractivity contribution in [1.82, 2.24) is 0 Å². The number of benzene rings is 1. The van der Waals surface area contributed by atoms with Crippen LogP contribution in [0.4, 0.5) is 5.69 Å². The largest absolute Gasteiger partial charge is 0.387 e. The van der Waals surface area contributed by atoms with Crippen molar-refractivity contribution in [3.05, 3.63) is 29.8 Å². The Morgan fingerprint density at radius 3 is 2.36 bits per heavy atom. The molecule has 0 amide bonds. The third-order valence-corrected chi connectivity index (χ3v) is 2.12. The van der Waals surface area contributed by atoms with Crippen molar-refractivity contribution in [2.45, 2.75) is 33.1 Å². The summed E-state index contributed by atoms with van der Waals surface area (Å²) in [4.78, 5) is 4.32. The molecule has 14 heavy (non-hydrogen) atoms. The monoisotopic (exact) mass is 190 g/mol. The molecule has 0 saturated heterocycles. The fraction of sp³-hybridized carbons (Fsp3) is 0.417. The molecule has 0 radical (unpaired) electrons. The smallest absolute Gasteiger partial charge is 0.0996 e. The molecular formula is C12H18N2. The van der Waals surface area contributed by atoms with Gasteiger partial charge in [0.05, 0.1) is 11.5 Å². The molecular weight excluding hydrogens is 172 g/mol. The molecule has 0 aliphatic rings. The minimum Gasteiger partial charge on any atom is -0.387 e. The molecule has 2 N–H and O–H groups in total. The van der Waals surface area contributed by atoms with E-state index in [1.54, 1.807) is 0 Å². The molecule has 0 bridgehead atoms. The first-order valence-electron chi connectivity index (χ1n) is 5.18. The fourth-order valence-corrected chi connectivity index (χ4v) is 1.28. The van der Waals surface area contributed by atoms with E-state index < -0.39 is 0 Å². The lowest BCUT2D eigenvalue weighted by molar-refractivity contribution is 0.983. The summed E-state index contributed by atoms with van der Waals surface area (Å²) in [5, 5.41) is 0. The molecule has 0 unspecified atom stereocenters. The van der Waals surface area contributed by atoms with Crippen molar-refractivity contribution >= 4 is 11.5 Å². The van der Waals surface area contributed by atoms with Crippen molar-refractivity contribution in [2.24, 2.45) is 10.7 Å². The summed E-state index contributed by atoms with van der Waals surface area (Å²) in [5.41, 5.74) is 8.02. The van der Waals surface area contributed by atoms with Crippen LogP contribution in [0.1, 0.15) is 32.3 Å². The SMILES string of the molecule is CCCC(N)=Nc1ccc(CC)cc1. The van der Waals surface area contributed by atoms with E-state index in [1.165, 1.54) is 5.56 Å². The zero-order valence-corrected chi connectivity index (χ0v) is 8.96. The first-order valence-corrected chi connectivity index (χ1v) is 5.18. The molecule has 0 spiro atoms. The number of aryl methyl sites for hydroxylation is 1. The van der Waals surface area contributed by atoms with Gasteiger partial charge < -0.3 is 5.73 Å². The van der Waals surface area contributed by atoms with E-state index in [1.807, 2.05) is 12.1 Å². The van der Waals surface area contributed by atoms with Crippen LogP contribution in [0.15, 0.2) is 29.3 Å². The highest BCUT2D eigenvalue weighted by molar-refractivity contribution is 5.82. The number of aliphatic imine (C=N–C) groups is 1. The Bertz CT molecular complexity index is 299. The topological polar surface area (TPSA) is 38.4 Å². The Balaban J connectivity index is 2.72. The first kappa shape index (κ1) is 10.8. The Kier molecular flexibility index (Phi) is 4.17. The highest BCUT2D eigenvalue weighted by atomic mass is 14.8. The third kappa shape index (κ3) is 3.21. The second kappa shape index (κ2) is 5.43. The van der Waals surface area contributed by atoms with Crippen molar-refractivity contribution in [2.75, 3.05) is 0 Å². The summed E-state index contributed by atoms with van der Waals surface area (Å²) in [6.45, 7) is 4.24. The standard InChI is InChI=1S/C12H18N2/c1-3-5-12(13)14-11-8-6-10(4-2)7-9-11/h6-9H,3-5H2,1-2H3,(H2,13,14). The number of nitrogens with two attached hydrogens (primary N) is 1. The molecule has 0 aromatic heterocycles. The van der Waals surface area contributed by atoms with Gasteiger partial charge in [-0.05, 0) is 30.5 Å². The highest BCUT2D eigenvalue weighted by Gasteiger charge is 1.93. The van der Waals surface area contributed by atoms with Crippen LogP contribution in [0.25, 0.3) is 0 Å². The maximum Gasteiger partial charge on any atom is 0.0996 e. The average Bonchev–Trinajstić information content (AvgIpc) is 2.19. The van der Waals surface area contributed by atoms with Crippen molar-refractivity contribution < 1.29 is 0 Å². The number of hydrogen-bond donors (Lipinski definition) is 1. The van der Waals surface area contributed by atoms with Gasteiger partial charge in [0.15, 0.2) is 0 Å². The predicted molar refractivity (Wildman–Crippen MR) is 62.0 cm³/mol. The lowest BCUT2D eigenvalue weighted by Crippen LogP contribution is -2.09. The van der Waals surface area contributed by atoms with Crippen LogP contribution in [0, 0.1) is 0 Å². The van der Waals surface area contributed by atoms with Crippen LogP contribution in [0.2, 0.25) is 0 Å². The number of nitrogens with zero attached hydrogens (tertiary/aromatic N) is 1. The van der Waals surface area contributed by atoms with E-state index in [9.17, 15) is 0 Å². The Labute approximate surface area is 85.9 Å². The van der Waals surface area contributed by atoms with Gasteiger partial charge in [-0.15, -0.1) is 0 Å². The van der Waals surface area contributed by atoms with Crippen LogP contribution < -0.4 is 5.73 Å². The molecule has 0 aliphatic heterocycles. The van der Waals surface area contributed by atoms with Gasteiger partial charge in [0.1, 0.15) is 0 Å². The Hall–Kier alpha value is -1.31. The maximum absolute atomic E-state index is 5.74. The summed E-state index contributed by atoms with van der Waals surface area (Å²) in [7, 11) is 0. The number of rotatable bonds is 4. The zero-order valence-electron chi connectivity index (χ0n) is 8.96.